The Morgan fingerprint density at radius 3 is 2.43 bits per heavy atom. The van der Waals surface area contributed by atoms with Crippen molar-refractivity contribution in [3.8, 4) is 0 Å². The Labute approximate surface area is 140 Å². The number of hydrogen-bond donors (Lipinski definition) is 1. The van der Waals surface area contributed by atoms with Crippen LogP contribution in [0.3, 0.4) is 0 Å². The number of thioether (sulfide) groups is 1. The van der Waals surface area contributed by atoms with Gasteiger partial charge in [0.25, 0.3) is 0 Å². The predicted octanol–water partition coefficient (Wildman–Crippen LogP) is 5.10. The molecule has 3 heteroatoms. The van der Waals surface area contributed by atoms with Crippen LogP contribution in [0.15, 0.2) is 72.8 Å². The minimum Gasteiger partial charge on any atom is -0.326 e. The molecule has 0 heterocycles. The van der Waals surface area contributed by atoms with Crippen LogP contribution in [-0.2, 0) is 10.5 Å². The Morgan fingerprint density at radius 2 is 1.61 bits per heavy atom. The Bertz CT molecular complexity index is 786. The van der Waals surface area contributed by atoms with E-state index in [-0.39, 0.29) is 5.91 Å². The number of carbonyl (C=O) groups is 1. The number of benzene rings is 3. The third kappa shape index (κ3) is 4.60. The molecule has 3 aromatic rings. The molecule has 0 atom stereocenters. The maximum Gasteiger partial charge on any atom is 0.225 e. The lowest BCUT2D eigenvalue weighted by Gasteiger charge is -2.07. The molecule has 116 valence electrons. The van der Waals surface area contributed by atoms with E-state index in [2.05, 4.69) is 29.6 Å². The summed E-state index contributed by atoms with van der Waals surface area (Å²) < 4.78 is 0. The highest BCUT2D eigenvalue weighted by atomic mass is 32.2. The van der Waals surface area contributed by atoms with Gasteiger partial charge in [-0.05, 0) is 28.5 Å². The summed E-state index contributed by atoms with van der Waals surface area (Å²) in [5.41, 5.74) is 2.16. The van der Waals surface area contributed by atoms with E-state index in [4.69, 9.17) is 0 Å². The fourth-order valence-electron chi connectivity index (χ4n) is 2.42. The summed E-state index contributed by atoms with van der Waals surface area (Å²) in [6.45, 7) is 0. The summed E-state index contributed by atoms with van der Waals surface area (Å²) in [7, 11) is 0. The van der Waals surface area contributed by atoms with Gasteiger partial charge in [-0.3, -0.25) is 4.79 Å². The van der Waals surface area contributed by atoms with Crippen molar-refractivity contribution >= 4 is 34.1 Å². The Balaban J connectivity index is 1.46. The van der Waals surface area contributed by atoms with Crippen molar-refractivity contribution in [1.82, 2.24) is 0 Å². The highest BCUT2D eigenvalue weighted by molar-refractivity contribution is 7.98. The molecule has 0 aliphatic heterocycles. The summed E-state index contributed by atoms with van der Waals surface area (Å²) >= 11 is 1.79. The lowest BCUT2D eigenvalue weighted by Crippen LogP contribution is -2.12. The van der Waals surface area contributed by atoms with Gasteiger partial charge in [-0.25, -0.2) is 0 Å². The molecule has 2 nitrogen and oxygen atoms in total. The number of rotatable bonds is 6. The quantitative estimate of drug-likeness (QED) is 0.640. The molecule has 23 heavy (non-hydrogen) atoms. The molecule has 0 saturated heterocycles. The molecule has 0 fully saturated rings. The van der Waals surface area contributed by atoms with Crippen LogP contribution in [-0.4, -0.2) is 11.7 Å². The van der Waals surface area contributed by atoms with Gasteiger partial charge in [0.1, 0.15) is 0 Å². The zero-order valence-electron chi connectivity index (χ0n) is 12.9. The molecule has 0 saturated carbocycles. The molecule has 3 rings (SSSR count). The molecular formula is C20H19NOS. The fourth-order valence-corrected chi connectivity index (χ4v) is 3.32. The smallest absolute Gasteiger partial charge is 0.225 e. The van der Waals surface area contributed by atoms with Crippen molar-refractivity contribution in [1.29, 1.82) is 0 Å². The zero-order chi connectivity index (χ0) is 15.9. The van der Waals surface area contributed by atoms with Gasteiger partial charge in [-0.15, -0.1) is 0 Å². The van der Waals surface area contributed by atoms with Gasteiger partial charge in [-0.2, -0.15) is 11.8 Å². The first-order valence-electron chi connectivity index (χ1n) is 7.71. The summed E-state index contributed by atoms with van der Waals surface area (Å²) in [5.74, 6) is 1.85. The maximum atomic E-state index is 12.0. The summed E-state index contributed by atoms with van der Waals surface area (Å²) in [6.07, 6.45) is 0.532. The Hall–Kier alpha value is -2.26. The molecule has 0 aromatic heterocycles. The first-order chi connectivity index (χ1) is 11.3. The van der Waals surface area contributed by atoms with E-state index in [1.807, 2.05) is 48.5 Å². The van der Waals surface area contributed by atoms with Crippen molar-refractivity contribution in [2.75, 3.05) is 11.1 Å². The monoisotopic (exact) mass is 321 g/mol. The zero-order valence-corrected chi connectivity index (χ0v) is 13.7. The molecule has 0 aliphatic rings. The fraction of sp³-hybridized carbons (Fsp3) is 0.150. The highest BCUT2D eigenvalue weighted by Crippen LogP contribution is 2.19. The lowest BCUT2D eigenvalue weighted by molar-refractivity contribution is -0.115. The third-order valence-electron chi connectivity index (χ3n) is 3.62. The van der Waals surface area contributed by atoms with Crippen LogP contribution in [0.2, 0.25) is 0 Å². The summed E-state index contributed by atoms with van der Waals surface area (Å²) in [5, 5.41) is 5.31. The maximum absolute atomic E-state index is 12.0. The van der Waals surface area contributed by atoms with Crippen LogP contribution in [0.1, 0.15) is 12.0 Å². The molecule has 0 spiro atoms. The van der Waals surface area contributed by atoms with Crippen LogP contribution >= 0.6 is 11.8 Å². The molecule has 0 unspecified atom stereocenters. The van der Waals surface area contributed by atoms with Crippen molar-refractivity contribution in [3.05, 3.63) is 78.4 Å². The Kier molecular flexibility index (Phi) is 5.33. The normalized spacial score (nSPS) is 10.6. The molecular weight excluding hydrogens is 302 g/mol. The van der Waals surface area contributed by atoms with Crippen LogP contribution < -0.4 is 5.32 Å². The van der Waals surface area contributed by atoms with Crippen molar-refractivity contribution in [2.24, 2.45) is 0 Å². The van der Waals surface area contributed by atoms with Crippen LogP contribution in [0.4, 0.5) is 5.69 Å². The topological polar surface area (TPSA) is 29.1 Å². The van der Waals surface area contributed by atoms with Crippen molar-refractivity contribution < 1.29 is 4.79 Å². The first kappa shape index (κ1) is 15.6. The van der Waals surface area contributed by atoms with E-state index in [9.17, 15) is 4.79 Å². The number of nitrogens with one attached hydrogen (secondary N) is 1. The largest absolute Gasteiger partial charge is 0.326 e. The van der Waals surface area contributed by atoms with Crippen LogP contribution in [0, 0.1) is 0 Å². The second kappa shape index (κ2) is 7.84. The van der Waals surface area contributed by atoms with Gasteiger partial charge in [0, 0.05) is 23.6 Å². The van der Waals surface area contributed by atoms with E-state index >= 15 is 0 Å². The number of fused-ring (bicyclic) bond motifs is 1. The van der Waals surface area contributed by atoms with E-state index in [1.165, 1.54) is 10.9 Å². The van der Waals surface area contributed by atoms with Crippen LogP contribution in [0.25, 0.3) is 10.8 Å². The van der Waals surface area contributed by atoms with Crippen molar-refractivity contribution in [3.63, 3.8) is 0 Å². The number of amides is 1. The number of hydrogen-bond acceptors (Lipinski definition) is 2. The average molecular weight is 321 g/mol. The van der Waals surface area contributed by atoms with Crippen LogP contribution in [0.5, 0.6) is 0 Å². The predicted molar refractivity (Wildman–Crippen MR) is 99.8 cm³/mol. The second-order valence-corrected chi connectivity index (χ2v) is 6.50. The van der Waals surface area contributed by atoms with E-state index in [1.54, 1.807) is 11.8 Å². The molecule has 1 N–H and O–H groups in total. The average Bonchev–Trinajstić information content (AvgIpc) is 2.59. The second-order valence-electron chi connectivity index (χ2n) is 5.40. The summed E-state index contributed by atoms with van der Waals surface area (Å²) in [4.78, 5) is 12.0. The van der Waals surface area contributed by atoms with Gasteiger partial charge in [0.05, 0.1) is 0 Å². The van der Waals surface area contributed by atoms with E-state index < -0.39 is 0 Å². The van der Waals surface area contributed by atoms with Gasteiger partial charge < -0.3 is 5.32 Å². The van der Waals surface area contributed by atoms with E-state index in [0.717, 1.165) is 22.6 Å². The van der Waals surface area contributed by atoms with Crippen molar-refractivity contribution in [2.45, 2.75) is 12.2 Å². The first-order valence-corrected chi connectivity index (χ1v) is 8.87. The van der Waals surface area contributed by atoms with E-state index in [0.29, 0.717) is 6.42 Å². The van der Waals surface area contributed by atoms with Gasteiger partial charge in [0.15, 0.2) is 0 Å². The standard InChI is InChI=1S/C20H19NOS/c22-20(12-13-23-15-16-6-2-1-3-7-16)21-19-11-10-17-8-4-5-9-18(17)14-19/h1-11,14H,12-13,15H2,(H,21,22). The minimum atomic E-state index is 0.0702. The number of anilines is 1. The van der Waals surface area contributed by atoms with Gasteiger partial charge in [-0.1, -0.05) is 60.7 Å². The third-order valence-corrected chi connectivity index (χ3v) is 4.65. The molecule has 3 aromatic carbocycles. The molecule has 0 bridgehead atoms. The lowest BCUT2D eigenvalue weighted by atomic mass is 10.1. The minimum absolute atomic E-state index is 0.0702. The molecule has 1 amide bonds. The van der Waals surface area contributed by atoms with Gasteiger partial charge >= 0.3 is 0 Å². The number of carbonyl (C=O) groups excluding carboxylic acids is 1. The van der Waals surface area contributed by atoms with Gasteiger partial charge in [0.2, 0.25) is 5.91 Å². The summed E-state index contributed by atoms with van der Waals surface area (Å²) in [6, 6.07) is 24.5. The SMILES string of the molecule is O=C(CCSCc1ccccc1)Nc1ccc2ccccc2c1. The highest BCUT2D eigenvalue weighted by Gasteiger charge is 2.03. The molecule has 0 radical (unpaired) electrons. The Morgan fingerprint density at radius 1 is 0.870 bits per heavy atom. The molecule has 0 aliphatic carbocycles.